The molecule has 1 aromatic heterocycles. The molecule has 0 saturated heterocycles. The minimum absolute atomic E-state index is 0.0444. The summed E-state index contributed by atoms with van der Waals surface area (Å²) >= 11 is 6.27. The first-order valence-corrected chi connectivity index (χ1v) is 11.5. The largest absolute Gasteiger partial charge is 0.328 e. The Hall–Kier alpha value is -3.44. The summed E-state index contributed by atoms with van der Waals surface area (Å²) < 4.78 is 1.59. The van der Waals surface area contributed by atoms with Crippen LogP contribution in [0.5, 0.6) is 0 Å². The summed E-state index contributed by atoms with van der Waals surface area (Å²) in [5, 5.41) is 1.05. The molecule has 1 amide bonds. The molecule has 0 radical (unpaired) electrons. The summed E-state index contributed by atoms with van der Waals surface area (Å²) in [5.74, 6) is 0.667. The number of rotatable bonds is 6. The van der Waals surface area contributed by atoms with Crippen LogP contribution < -0.4 is 5.56 Å². The van der Waals surface area contributed by atoms with E-state index in [2.05, 4.69) is 0 Å². The van der Waals surface area contributed by atoms with Crippen LogP contribution >= 0.6 is 11.6 Å². The smallest absolute Gasteiger partial charge is 0.266 e. The van der Waals surface area contributed by atoms with Crippen LogP contribution in [0.25, 0.3) is 16.6 Å². The van der Waals surface area contributed by atoms with Crippen LogP contribution in [0.2, 0.25) is 5.02 Å². The van der Waals surface area contributed by atoms with Gasteiger partial charge < -0.3 is 4.90 Å². The van der Waals surface area contributed by atoms with Crippen molar-refractivity contribution in [2.75, 3.05) is 0 Å². The van der Waals surface area contributed by atoms with Crippen molar-refractivity contribution in [3.63, 3.8) is 0 Å². The van der Waals surface area contributed by atoms with E-state index in [4.69, 9.17) is 16.6 Å². The fraction of sp³-hybridized carbons (Fsp3) is 0.222. The van der Waals surface area contributed by atoms with Gasteiger partial charge in [0, 0.05) is 17.5 Å². The average Bonchev–Trinajstić information content (AvgIpc) is 3.68. The fourth-order valence-electron chi connectivity index (χ4n) is 4.18. The van der Waals surface area contributed by atoms with Gasteiger partial charge in [0.15, 0.2) is 0 Å². The molecule has 0 spiro atoms. The van der Waals surface area contributed by atoms with E-state index < -0.39 is 6.04 Å². The molecule has 1 aliphatic rings. The van der Waals surface area contributed by atoms with Gasteiger partial charge in [-0.1, -0.05) is 60.1 Å². The Labute approximate surface area is 197 Å². The van der Waals surface area contributed by atoms with Crippen molar-refractivity contribution in [3.8, 4) is 5.69 Å². The van der Waals surface area contributed by atoms with Crippen LogP contribution in [0.4, 0.5) is 0 Å². The minimum Gasteiger partial charge on any atom is -0.328 e. The van der Waals surface area contributed by atoms with Crippen molar-refractivity contribution in [3.05, 3.63) is 106 Å². The van der Waals surface area contributed by atoms with E-state index in [1.807, 2.05) is 72.5 Å². The Bertz CT molecular complexity index is 1380. The van der Waals surface area contributed by atoms with E-state index in [0.29, 0.717) is 34.0 Å². The third-order valence-corrected chi connectivity index (χ3v) is 6.35. The highest BCUT2D eigenvalue weighted by atomic mass is 35.5. The average molecular weight is 458 g/mol. The van der Waals surface area contributed by atoms with Gasteiger partial charge in [-0.05, 0) is 55.7 Å². The number of benzene rings is 3. The second-order valence-electron chi connectivity index (χ2n) is 8.51. The number of aromatic nitrogens is 2. The highest BCUT2D eigenvalue weighted by Gasteiger charge is 2.37. The summed E-state index contributed by atoms with van der Waals surface area (Å²) in [5.41, 5.74) is 2.10. The third kappa shape index (κ3) is 4.29. The molecule has 5 nitrogen and oxygen atoms in total. The molecule has 1 fully saturated rings. The van der Waals surface area contributed by atoms with Gasteiger partial charge in [0.1, 0.15) is 5.82 Å². The minimum atomic E-state index is -0.422. The zero-order chi connectivity index (χ0) is 22.9. The molecule has 166 valence electrons. The summed E-state index contributed by atoms with van der Waals surface area (Å²) in [6.45, 7) is 2.40. The van der Waals surface area contributed by atoms with Crippen molar-refractivity contribution in [2.45, 2.75) is 32.4 Å². The van der Waals surface area contributed by atoms with Crippen molar-refractivity contribution < 1.29 is 4.79 Å². The molecule has 6 heteroatoms. The normalized spacial score (nSPS) is 14.2. The Balaban J connectivity index is 1.68. The van der Waals surface area contributed by atoms with Crippen molar-refractivity contribution in [1.82, 2.24) is 14.5 Å². The van der Waals surface area contributed by atoms with Gasteiger partial charge in [-0.15, -0.1) is 0 Å². The molecule has 1 aliphatic carbocycles. The second kappa shape index (κ2) is 8.83. The van der Waals surface area contributed by atoms with Gasteiger partial charge in [-0.2, -0.15) is 0 Å². The number of amides is 1. The lowest BCUT2D eigenvalue weighted by Crippen LogP contribution is -2.38. The summed E-state index contributed by atoms with van der Waals surface area (Å²) in [6, 6.07) is 24.0. The number of fused-ring (bicyclic) bond motifs is 1. The Morgan fingerprint density at radius 1 is 1.06 bits per heavy atom. The maximum atomic E-state index is 13.6. The molecule has 0 aliphatic heterocycles. The highest BCUT2D eigenvalue weighted by molar-refractivity contribution is 6.30. The van der Waals surface area contributed by atoms with Gasteiger partial charge in [-0.25, -0.2) is 4.98 Å². The number of para-hydroxylation sites is 1. The molecule has 3 aromatic carbocycles. The van der Waals surface area contributed by atoms with Gasteiger partial charge >= 0.3 is 0 Å². The Morgan fingerprint density at radius 3 is 2.52 bits per heavy atom. The monoisotopic (exact) mass is 457 g/mol. The number of hydrogen-bond donors (Lipinski definition) is 0. The molecule has 0 bridgehead atoms. The van der Waals surface area contributed by atoms with Crippen LogP contribution in [0.1, 0.15) is 37.2 Å². The topological polar surface area (TPSA) is 55.2 Å². The number of nitrogens with zero attached hydrogens (tertiary/aromatic N) is 3. The van der Waals surface area contributed by atoms with Crippen LogP contribution in [0.15, 0.2) is 83.7 Å². The predicted octanol–water partition coefficient (Wildman–Crippen LogP) is 5.54. The summed E-state index contributed by atoms with van der Waals surface area (Å²) in [4.78, 5) is 33.7. The Kier molecular flexibility index (Phi) is 5.73. The lowest BCUT2D eigenvalue weighted by atomic mass is 10.1. The zero-order valence-electron chi connectivity index (χ0n) is 18.3. The molecule has 0 N–H and O–H groups in total. The highest BCUT2D eigenvalue weighted by Crippen LogP contribution is 2.35. The van der Waals surface area contributed by atoms with Gasteiger partial charge in [-0.3, -0.25) is 14.2 Å². The second-order valence-corrected chi connectivity index (χ2v) is 8.95. The van der Waals surface area contributed by atoms with Crippen molar-refractivity contribution >= 4 is 28.4 Å². The van der Waals surface area contributed by atoms with Crippen LogP contribution in [-0.4, -0.2) is 20.4 Å². The standard InChI is InChI=1S/C27H24ClN3O2/c1-18(30(26(32)20-14-15-20)17-19-8-3-2-4-9-19)25-29-24-13-6-5-12-23(24)27(33)31(25)22-11-7-10-21(28)16-22/h2-13,16,18,20H,14-15,17H2,1H3. The van der Waals surface area contributed by atoms with E-state index in [1.165, 1.54) is 0 Å². The molecule has 1 saturated carbocycles. The summed E-state index contributed by atoms with van der Waals surface area (Å²) in [7, 11) is 0. The number of carbonyl (C=O) groups is 1. The molecule has 5 rings (SSSR count). The maximum Gasteiger partial charge on any atom is 0.266 e. The first-order valence-electron chi connectivity index (χ1n) is 11.1. The lowest BCUT2D eigenvalue weighted by Gasteiger charge is -2.31. The first-order chi connectivity index (χ1) is 16.0. The van der Waals surface area contributed by atoms with Gasteiger partial charge in [0.25, 0.3) is 5.56 Å². The molecular weight excluding hydrogens is 434 g/mol. The van der Waals surface area contributed by atoms with E-state index in [9.17, 15) is 9.59 Å². The maximum absolute atomic E-state index is 13.6. The van der Waals surface area contributed by atoms with E-state index in [-0.39, 0.29) is 17.4 Å². The molecule has 33 heavy (non-hydrogen) atoms. The van der Waals surface area contributed by atoms with E-state index >= 15 is 0 Å². The van der Waals surface area contributed by atoms with Crippen molar-refractivity contribution in [1.29, 1.82) is 0 Å². The third-order valence-electron chi connectivity index (χ3n) is 6.11. The SMILES string of the molecule is CC(c1nc2ccccc2c(=O)n1-c1cccc(Cl)c1)N(Cc1ccccc1)C(=O)C1CC1. The predicted molar refractivity (Wildman–Crippen MR) is 130 cm³/mol. The van der Waals surface area contributed by atoms with E-state index in [0.717, 1.165) is 18.4 Å². The lowest BCUT2D eigenvalue weighted by molar-refractivity contribution is -0.135. The zero-order valence-corrected chi connectivity index (χ0v) is 19.1. The number of carbonyl (C=O) groups excluding carboxylic acids is 1. The quantitative estimate of drug-likeness (QED) is 0.382. The van der Waals surface area contributed by atoms with Crippen LogP contribution in [0, 0.1) is 5.92 Å². The van der Waals surface area contributed by atoms with Crippen LogP contribution in [-0.2, 0) is 11.3 Å². The molecule has 1 atom stereocenters. The molecule has 1 heterocycles. The van der Waals surface area contributed by atoms with Gasteiger partial charge in [0.05, 0.1) is 22.6 Å². The van der Waals surface area contributed by atoms with E-state index in [1.54, 1.807) is 22.8 Å². The fourth-order valence-corrected chi connectivity index (χ4v) is 4.37. The van der Waals surface area contributed by atoms with Gasteiger partial charge in [0.2, 0.25) is 5.91 Å². The van der Waals surface area contributed by atoms with Crippen LogP contribution in [0.3, 0.4) is 0 Å². The number of halogens is 1. The first kappa shape index (κ1) is 21.4. The number of hydrogen-bond acceptors (Lipinski definition) is 3. The Morgan fingerprint density at radius 2 is 1.79 bits per heavy atom. The van der Waals surface area contributed by atoms with Crippen molar-refractivity contribution in [2.24, 2.45) is 5.92 Å². The molecular formula is C27H24ClN3O2. The molecule has 1 unspecified atom stereocenters. The molecule has 4 aromatic rings. The summed E-state index contributed by atoms with van der Waals surface area (Å²) in [6.07, 6.45) is 1.81.